The molecule has 1 fully saturated rings. The molecule has 1 unspecified atom stereocenters. The van der Waals surface area contributed by atoms with E-state index in [4.69, 9.17) is 21.7 Å². The van der Waals surface area contributed by atoms with Crippen LogP contribution in [-0.2, 0) is 14.3 Å². The molecule has 1 amide bonds. The second kappa shape index (κ2) is 7.75. The van der Waals surface area contributed by atoms with Gasteiger partial charge in [-0.1, -0.05) is 30.3 Å². The first-order chi connectivity index (χ1) is 11.2. The third-order valence-electron chi connectivity index (χ3n) is 3.56. The summed E-state index contributed by atoms with van der Waals surface area (Å²) in [6.07, 6.45) is 0.342. The van der Waals surface area contributed by atoms with Crippen LogP contribution in [0, 0.1) is 0 Å². The predicted molar refractivity (Wildman–Crippen MR) is 95.0 cm³/mol. The highest BCUT2D eigenvalue weighted by Gasteiger charge is 2.32. The smallest absolute Gasteiger partial charge is 0.407 e. The number of benzene rings is 1. The molecule has 6 heteroatoms. The predicted octanol–water partition coefficient (Wildman–Crippen LogP) is 3.39. The first-order valence-corrected chi connectivity index (χ1v) is 8.44. The van der Waals surface area contributed by atoms with Gasteiger partial charge in [-0.3, -0.25) is 4.79 Å². The number of nitrogens with one attached hydrogen (secondary N) is 1. The van der Waals surface area contributed by atoms with Crippen LogP contribution >= 0.6 is 12.2 Å². The van der Waals surface area contributed by atoms with Gasteiger partial charge in [-0.2, -0.15) is 0 Å². The highest BCUT2D eigenvalue weighted by Crippen LogP contribution is 2.20. The van der Waals surface area contributed by atoms with Crippen LogP contribution in [0.15, 0.2) is 30.3 Å². The van der Waals surface area contributed by atoms with E-state index in [1.165, 1.54) is 0 Å². The molecule has 0 radical (unpaired) electrons. The molecule has 1 aromatic carbocycles. The zero-order valence-electron chi connectivity index (χ0n) is 14.2. The molecule has 2 atom stereocenters. The van der Waals surface area contributed by atoms with Crippen molar-refractivity contribution in [2.24, 2.45) is 0 Å². The summed E-state index contributed by atoms with van der Waals surface area (Å²) in [5.41, 5.74) is 0.227. The van der Waals surface area contributed by atoms with Crippen LogP contribution < -0.4 is 5.32 Å². The summed E-state index contributed by atoms with van der Waals surface area (Å²) in [5, 5.41) is 3.07. The standard InChI is InChI=1S/C18H23NO4S/c1-18(2,3)23-17(21)19-13-9-10-15(14(20)11-13)22-16(24)12-7-5-4-6-8-12/h4-8,13,15H,9-11H2,1-3H3,(H,19,21)/t13-,15?/m0/s1. The Kier molecular flexibility index (Phi) is 5.94. The molecule has 0 spiro atoms. The summed E-state index contributed by atoms with van der Waals surface area (Å²) < 4.78 is 10.9. The lowest BCUT2D eigenvalue weighted by molar-refractivity contribution is -0.128. The van der Waals surface area contributed by atoms with Gasteiger partial charge in [0.05, 0.1) is 0 Å². The van der Waals surface area contributed by atoms with Gasteiger partial charge in [0.1, 0.15) is 5.60 Å². The van der Waals surface area contributed by atoms with Gasteiger partial charge < -0.3 is 14.8 Å². The maximum atomic E-state index is 12.3. The summed E-state index contributed by atoms with van der Waals surface area (Å²) in [6.45, 7) is 5.40. The zero-order valence-corrected chi connectivity index (χ0v) is 15.0. The van der Waals surface area contributed by atoms with E-state index in [1.54, 1.807) is 20.8 Å². The Bertz CT molecular complexity index is 609. The van der Waals surface area contributed by atoms with Crippen LogP contribution in [0.25, 0.3) is 0 Å². The van der Waals surface area contributed by atoms with Crippen molar-refractivity contribution in [1.29, 1.82) is 0 Å². The molecule has 0 heterocycles. The molecular weight excluding hydrogens is 326 g/mol. The Morgan fingerprint density at radius 1 is 1.21 bits per heavy atom. The largest absolute Gasteiger partial charge is 0.472 e. The summed E-state index contributed by atoms with van der Waals surface area (Å²) in [7, 11) is 0. The van der Waals surface area contributed by atoms with Crippen molar-refractivity contribution in [3.8, 4) is 0 Å². The Labute approximate surface area is 147 Å². The van der Waals surface area contributed by atoms with Crippen molar-refractivity contribution in [3.05, 3.63) is 35.9 Å². The van der Waals surface area contributed by atoms with Crippen molar-refractivity contribution >= 4 is 29.1 Å². The van der Waals surface area contributed by atoms with Crippen LogP contribution in [0.2, 0.25) is 0 Å². The van der Waals surface area contributed by atoms with Crippen molar-refractivity contribution in [2.75, 3.05) is 0 Å². The third kappa shape index (κ3) is 5.60. The summed E-state index contributed by atoms with van der Waals surface area (Å²) in [6, 6.07) is 9.11. The second-order valence-corrected chi connectivity index (χ2v) is 7.22. The maximum Gasteiger partial charge on any atom is 0.407 e. The van der Waals surface area contributed by atoms with E-state index in [1.807, 2.05) is 30.3 Å². The van der Waals surface area contributed by atoms with Crippen LogP contribution in [0.1, 0.15) is 45.6 Å². The summed E-state index contributed by atoms with van der Waals surface area (Å²) in [4.78, 5) is 24.0. The molecule has 5 nitrogen and oxygen atoms in total. The summed E-state index contributed by atoms with van der Waals surface area (Å²) >= 11 is 5.25. The number of ether oxygens (including phenoxy) is 2. The second-order valence-electron chi connectivity index (χ2n) is 6.85. The number of Topliss-reactive ketones (excluding diaryl/α,β-unsaturated/α-hetero) is 1. The lowest BCUT2D eigenvalue weighted by atomic mass is 9.92. The van der Waals surface area contributed by atoms with E-state index < -0.39 is 17.8 Å². The quantitative estimate of drug-likeness (QED) is 0.848. The summed E-state index contributed by atoms with van der Waals surface area (Å²) in [5.74, 6) is -0.0550. The highest BCUT2D eigenvalue weighted by atomic mass is 32.1. The number of rotatable bonds is 3. The number of hydrogen-bond donors (Lipinski definition) is 1. The van der Waals surface area contributed by atoms with E-state index >= 15 is 0 Å². The van der Waals surface area contributed by atoms with Crippen molar-refractivity contribution < 1.29 is 19.1 Å². The zero-order chi connectivity index (χ0) is 17.7. The van der Waals surface area contributed by atoms with Gasteiger partial charge >= 0.3 is 6.09 Å². The molecule has 1 N–H and O–H groups in total. The topological polar surface area (TPSA) is 64.6 Å². The monoisotopic (exact) mass is 349 g/mol. The molecule has 2 rings (SSSR count). The molecule has 0 aliphatic heterocycles. The van der Waals surface area contributed by atoms with Gasteiger partial charge in [-0.05, 0) is 45.8 Å². The van der Waals surface area contributed by atoms with Gasteiger partial charge in [0.15, 0.2) is 16.9 Å². The Hall–Kier alpha value is -1.95. The Morgan fingerprint density at radius 3 is 2.46 bits per heavy atom. The number of carbonyl (C=O) groups is 2. The minimum atomic E-state index is -0.559. The fourth-order valence-electron chi connectivity index (χ4n) is 2.48. The fraction of sp³-hybridized carbons (Fsp3) is 0.500. The fourth-order valence-corrected chi connectivity index (χ4v) is 2.74. The molecule has 1 aliphatic rings. The van der Waals surface area contributed by atoms with E-state index in [-0.39, 0.29) is 18.2 Å². The van der Waals surface area contributed by atoms with Crippen LogP contribution in [0.4, 0.5) is 4.79 Å². The first kappa shape index (κ1) is 18.4. The van der Waals surface area contributed by atoms with E-state index in [2.05, 4.69) is 5.32 Å². The van der Waals surface area contributed by atoms with Gasteiger partial charge in [0.25, 0.3) is 0 Å². The minimum Gasteiger partial charge on any atom is -0.472 e. The Balaban J connectivity index is 1.84. The minimum absolute atomic E-state index is 0.0550. The van der Waals surface area contributed by atoms with Crippen LogP contribution in [0.5, 0.6) is 0 Å². The van der Waals surface area contributed by atoms with Crippen molar-refractivity contribution in [2.45, 2.75) is 57.8 Å². The number of ketones is 1. The van der Waals surface area contributed by atoms with Gasteiger partial charge in [-0.15, -0.1) is 0 Å². The van der Waals surface area contributed by atoms with E-state index in [0.29, 0.717) is 17.9 Å². The van der Waals surface area contributed by atoms with E-state index in [0.717, 1.165) is 5.56 Å². The molecule has 1 aromatic rings. The first-order valence-electron chi connectivity index (χ1n) is 8.03. The van der Waals surface area contributed by atoms with Crippen molar-refractivity contribution in [1.82, 2.24) is 5.32 Å². The van der Waals surface area contributed by atoms with E-state index in [9.17, 15) is 9.59 Å². The highest BCUT2D eigenvalue weighted by molar-refractivity contribution is 7.80. The van der Waals surface area contributed by atoms with Crippen LogP contribution in [-0.4, -0.2) is 34.7 Å². The Morgan fingerprint density at radius 2 is 1.88 bits per heavy atom. The molecule has 0 aromatic heterocycles. The average molecular weight is 349 g/mol. The maximum absolute atomic E-state index is 12.3. The third-order valence-corrected chi connectivity index (χ3v) is 3.90. The van der Waals surface area contributed by atoms with Crippen LogP contribution in [0.3, 0.4) is 0 Å². The molecule has 0 bridgehead atoms. The molecular formula is C18H23NO4S. The molecule has 1 saturated carbocycles. The molecule has 130 valence electrons. The molecule has 1 aliphatic carbocycles. The molecule has 24 heavy (non-hydrogen) atoms. The van der Waals surface area contributed by atoms with Gasteiger partial charge in [-0.25, -0.2) is 4.79 Å². The number of thiocarbonyl (C=S) groups is 1. The SMILES string of the molecule is CC(C)(C)OC(=O)N[C@H]1CCC(OC(=S)c2ccccc2)C(=O)C1. The van der Waals surface area contributed by atoms with Gasteiger partial charge in [0.2, 0.25) is 0 Å². The van der Waals surface area contributed by atoms with Crippen molar-refractivity contribution in [3.63, 3.8) is 0 Å². The normalized spacial score (nSPS) is 21.0. The number of alkyl carbamates (subject to hydrolysis) is 1. The van der Waals surface area contributed by atoms with Gasteiger partial charge in [0, 0.05) is 18.0 Å². The lowest BCUT2D eigenvalue weighted by Gasteiger charge is -2.29. The molecule has 0 saturated heterocycles. The lowest BCUT2D eigenvalue weighted by Crippen LogP contribution is -2.45. The number of amides is 1. The average Bonchev–Trinajstić information content (AvgIpc) is 2.49. The number of carbonyl (C=O) groups excluding carboxylic acids is 2. The number of hydrogen-bond acceptors (Lipinski definition) is 5.